The monoisotopic (exact) mass is 366 g/mol. The van der Waals surface area contributed by atoms with Gasteiger partial charge in [0.2, 0.25) is 0 Å². The molecule has 6 heteroatoms. The third kappa shape index (κ3) is 4.89. The summed E-state index contributed by atoms with van der Waals surface area (Å²) in [4.78, 5) is 2.27. The number of rotatable bonds is 8. The van der Waals surface area contributed by atoms with Gasteiger partial charge in [0.05, 0.1) is 0 Å². The summed E-state index contributed by atoms with van der Waals surface area (Å²) in [5, 5.41) is 0. The van der Waals surface area contributed by atoms with Crippen LogP contribution in [0.2, 0.25) is 0 Å². The fraction of sp³-hybridized carbons (Fsp3) is 0.444. The first-order valence-corrected chi connectivity index (χ1v) is 10.3. The Labute approximate surface area is 149 Å². The highest BCUT2D eigenvalue weighted by Crippen LogP contribution is 2.21. The third-order valence-corrected chi connectivity index (χ3v) is 7.14. The number of thiophene rings is 1. The molecule has 2 rings (SSSR count). The molecule has 0 unspecified atom stereocenters. The van der Waals surface area contributed by atoms with Gasteiger partial charge >= 0.3 is 0 Å². The van der Waals surface area contributed by atoms with Crippen LogP contribution in [0.15, 0.2) is 42.5 Å². The van der Waals surface area contributed by atoms with Gasteiger partial charge in [0.1, 0.15) is 0 Å². The third-order valence-electron chi connectivity index (χ3n) is 4.04. The van der Waals surface area contributed by atoms with Crippen LogP contribution in [0.4, 0.5) is 0 Å². The summed E-state index contributed by atoms with van der Waals surface area (Å²) >= 11 is 1.65. The molecule has 0 bridgehead atoms. The predicted octanol–water partition coefficient (Wildman–Crippen LogP) is 3.69. The molecule has 0 spiro atoms. The lowest BCUT2D eigenvalue weighted by Gasteiger charge is -2.29. The van der Waals surface area contributed by atoms with Crippen molar-refractivity contribution >= 4 is 21.5 Å². The summed E-state index contributed by atoms with van der Waals surface area (Å²) in [7, 11) is -1.84. The highest BCUT2D eigenvalue weighted by molar-refractivity contribution is 7.86. The van der Waals surface area contributed by atoms with Gasteiger partial charge in [-0.2, -0.15) is 17.0 Å². The van der Waals surface area contributed by atoms with Gasteiger partial charge in [-0.1, -0.05) is 30.3 Å². The lowest BCUT2D eigenvalue weighted by atomic mass is 10.1. The average molecular weight is 367 g/mol. The fourth-order valence-corrected chi connectivity index (χ4v) is 4.88. The summed E-state index contributed by atoms with van der Waals surface area (Å²) in [6.45, 7) is 6.72. The summed E-state index contributed by atoms with van der Waals surface area (Å²) in [6.07, 6.45) is 0.705. The van der Waals surface area contributed by atoms with Gasteiger partial charge < -0.3 is 0 Å². The summed E-state index contributed by atoms with van der Waals surface area (Å²) in [5.41, 5.74) is 1.15. The van der Waals surface area contributed by atoms with Crippen LogP contribution in [-0.2, 0) is 23.2 Å². The minimum Gasteiger partial charge on any atom is -0.195 e. The molecule has 1 heterocycles. The summed E-state index contributed by atoms with van der Waals surface area (Å²) < 4.78 is 29.0. The fourth-order valence-electron chi connectivity index (χ4n) is 2.37. The normalized spacial score (nSPS) is 12.5. The van der Waals surface area contributed by atoms with E-state index >= 15 is 0 Å². The Hall–Kier alpha value is -1.21. The standard InChI is InChI=1S/C18H26N2O2S2/c1-15(2)19(4)24(21,22)20(14-18-11-10-16(3)23-18)13-12-17-8-6-5-7-9-17/h5-11,15H,12-14H2,1-4H3. The molecule has 0 amide bonds. The van der Waals surface area contributed by atoms with Crippen LogP contribution in [0.5, 0.6) is 0 Å². The number of benzene rings is 1. The average Bonchev–Trinajstić information content (AvgIpc) is 2.96. The lowest BCUT2D eigenvalue weighted by molar-refractivity contribution is 0.333. The van der Waals surface area contributed by atoms with Gasteiger partial charge in [0, 0.05) is 35.9 Å². The summed E-state index contributed by atoms with van der Waals surface area (Å²) in [5.74, 6) is 0. The Bertz CT molecular complexity index is 739. The SMILES string of the molecule is Cc1ccc(CN(CCc2ccccc2)S(=O)(=O)N(C)C(C)C)s1. The van der Waals surface area contributed by atoms with E-state index in [9.17, 15) is 8.42 Å². The predicted molar refractivity (Wildman–Crippen MR) is 101 cm³/mol. The van der Waals surface area contributed by atoms with E-state index in [1.807, 2.05) is 63.2 Å². The molecular weight excluding hydrogens is 340 g/mol. The second kappa shape index (κ2) is 8.25. The van der Waals surface area contributed by atoms with E-state index in [2.05, 4.69) is 0 Å². The van der Waals surface area contributed by atoms with Crippen LogP contribution in [0, 0.1) is 6.92 Å². The van der Waals surface area contributed by atoms with E-state index in [-0.39, 0.29) is 6.04 Å². The van der Waals surface area contributed by atoms with Gasteiger partial charge in [0.25, 0.3) is 10.2 Å². The Kier molecular flexibility index (Phi) is 6.57. The van der Waals surface area contributed by atoms with Crippen molar-refractivity contribution in [2.75, 3.05) is 13.6 Å². The first kappa shape index (κ1) is 19.1. The Morgan fingerprint density at radius 1 is 1.08 bits per heavy atom. The van der Waals surface area contributed by atoms with Crippen molar-refractivity contribution in [3.05, 3.63) is 57.8 Å². The van der Waals surface area contributed by atoms with E-state index in [1.165, 1.54) is 9.18 Å². The molecule has 0 saturated carbocycles. The van der Waals surface area contributed by atoms with Gasteiger partial charge in [-0.3, -0.25) is 0 Å². The van der Waals surface area contributed by atoms with Gasteiger partial charge in [-0.05, 0) is 44.9 Å². The number of hydrogen-bond acceptors (Lipinski definition) is 3. The van der Waals surface area contributed by atoms with Crippen molar-refractivity contribution in [1.29, 1.82) is 0 Å². The Morgan fingerprint density at radius 2 is 1.75 bits per heavy atom. The largest absolute Gasteiger partial charge is 0.282 e. The van der Waals surface area contributed by atoms with E-state index in [1.54, 1.807) is 22.7 Å². The number of aryl methyl sites for hydroxylation is 1. The van der Waals surface area contributed by atoms with Crippen LogP contribution in [-0.4, -0.2) is 36.7 Å². The zero-order chi connectivity index (χ0) is 17.7. The first-order valence-electron chi connectivity index (χ1n) is 8.13. The summed E-state index contributed by atoms with van der Waals surface area (Å²) in [6, 6.07) is 14.0. The van der Waals surface area contributed by atoms with Crippen molar-refractivity contribution in [3.8, 4) is 0 Å². The second-order valence-electron chi connectivity index (χ2n) is 6.20. The second-order valence-corrected chi connectivity index (χ2v) is 9.56. The molecule has 24 heavy (non-hydrogen) atoms. The zero-order valence-corrected chi connectivity index (χ0v) is 16.4. The maximum atomic E-state index is 13.0. The Morgan fingerprint density at radius 3 is 2.29 bits per heavy atom. The smallest absolute Gasteiger partial charge is 0.195 e. The van der Waals surface area contributed by atoms with Gasteiger partial charge in [0.15, 0.2) is 0 Å². The highest BCUT2D eigenvalue weighted by Gasteiger charge is 2.28. The van der Waals surface area contributed by atoms with Crippen molar-refractivity contribution in [3.63, 3.8) is 0 Å². The highest BCUT2D eigenvalue weighted by atomic mass is 32.2. The quantitative estimate of drug-likeness (QED) is 0.715. The molecule has 1 aromatic carbocycles. The zero-order valence-electron chi connectivity index (χ0n) is 14.8. The van der Waals surface area contributed by atoms with Crippen LogP contribution in [0.25, 0.3) is 0 Å². The maximum Gasteiger partial charge on any atom is 0.282 e. The molecule has 0 aliphatic heterocycles. The van der Waals surface area contributed by atoms with E-state index < -0.39 is 10.2 Å². The number of hydrogen-bond donors (Lipinski definition) is 0. The molecular formula is C18H26N2O2S2. The molecule has 0 N–H and O–H groups in total. The van der Waals surface area contributed by atoms with Crippen LogP contribution in [0.3, 0.4) is 0 Å². The number of nitrogens with zero attached hydrogens (tertiary/aromatic N) is 2. The molecule has 0 saturated heterocycles. The minimum atomic E-state index is -3.49. The molecule has 0 aliphatic rings. The van der Waals surface area contributed by atoms with Crippen molar-refractivity contribution in [2.24, 2.45) is 0 Å². The first-order chi connectivity index (χ1) is 11.3. The molecule has 1 aromatic heterocycles. The molecule has 132 valence electrons. The minimum absolute atomic E-state index is 0.0701. The molecule has 2 aromatic rings. The lowest BCUT2D eigenvalue weighted by Crippen LogP contribution is -2.45. The van der Waals surface area contributed by atoms with Crippen molar-refractivity contribution < 1.29 is 8.42 Å². The molecule has 0 atom stereocenters. The van der Waals surface area contributed by atoms with Gasteiger partial charge in [-0.25, -0.2) is 0 Å². The van der Waals surface area contributed by atoms with Crippen LogP contribution < -0.4 is 0 Å². The van der Waals surface area contributed by atoms with Crippen LogP contribution in [0.1, 0.15) is 29.2 Å². The van der Waals surface area contributed by atoms with E-state index in [4.69, 9.17) is 0 Å². The topological polar surface area (TPSA) is 40.6 Å². The molecule has 0 radical (unpaired) electrons. The van der Waals surface area contributed by atoms with E-state index in [0.717, 1.165) is 10.4 Å². The van der Waals surface area contributed by atoms with E-state index in [0.29, 0.717) is 19.5 Å². The van der Waals surface area contributed by atoms with Crippen molar-refractivity contribution in [1.82, 2.24) is 8.61 Å². The van der Waals surface area contributed by atoms with Crippen molar-refractivity contribution in [2.45, 2.75) is 39.8 Å². The maximum absolute atomic E-state index is 13.0. The van der Waals surface area contributed by atoms with Gasteiger partial charge in [-0.15, -0.1) is 11.3 Å². The molecule has 0 fully saturated rings. The van der Waals surface area contributed by atoms with Crippen LogP contribution >= 0.6 is 11.3 Å². The Balaban J connectivity index is 2.20. The molecule has 4 nitrogen and oxygen atoms in total. The molecule has 0 aliphatic carbocycles.